The monoisotopic (exact) mass is 282 g/mol. The molecule has 0 heterocycles. The van der Waals surface area contributed by atoms with Crippen molar-refractivity contribution in [3.63, 3.8) is 0 Å². The van der Waals surface area contributed by atoms with E-state index in [9.17, 15) is 0 Å². The maximum absolute atomic E-state index is 3.55. The summed E-state index contributed by atoms with van der Waals surface area (Å²) >= 11 is 0. The van der Waals surface area contributed by atoms with E-state index in [1.807, 2.05) is 0 Å². The van der Waals surface area contributed by atoms with E-state index in [1.165, 1.54) is 33.5 Å². The molecule has 1 N–H and O–H groups in total. The summed E-state index contributed by atoms with van der Waals surface area (Å²) < 4.78 is 0. The van der Waals surface area contributed by atoms with Crippen LogP contribution < -0.4 is 10.2 Å². The molecule has 0 fully saturated rings. The van der Waals surface area contributed by atoms with Crippen molar-refractivity contribution in [3.05, 3.63) is 64.2 Å². The molecule has 2 heteroatoms. The Bertz CT molecular complexity index is 574. The van der Waals surface area contributed by atoms with Gasteiger partial charge in [0.15, 0.2) is 0 Å². The normalized spacial score (nSPS) is 10.7. The van der Waals surface area contributed by atoms with Crippen molar-refractivity contribution < 1.29 is 0 Å². The van der Waals surface area contributed by atoms with E-state index in [4.69, 9.17) is 0 Å². The molecule has 112 valence electrons. The van der Waals surface area contributed by atoms with Crippen LogP contribution in [0.5, 0.6) is 0 Å². The van der Waals surface area contributed by atoms with Gasteiger partial charge in [0.05, 0.1) is 0 Å². The second-order valence-corrected chi connectivity index (χ2v) is 6.04. The number of nitrogens with one attached hydrogen (secondary N) is 1. The van der Waals surface area contributed by atoms with Crippen LogP contribution in [0.15, 0.2) is 36.4 Å². The molecule has 21 heavy (non-hydrogen) atoms. The van der Waals surface area contributed by atoms with E-state index in [0.29, 0.717) is 0 Å². The first-order chi connectivity index (χ1) is 9.97. The van der Waals surface area contributed by atoms with E-state index in [0.717, 1.165) is 13.1 Å². The summed E-state index contributed by atoms with van der Waals surface area (Å²) in [6, 6.07) is 13.2. The zero-order valence-electron chi connectivity index (χ0n) is 13.8. The Morgan fingerprint density at radius 3 is 1.95 bits per heavy atom. The third-order valence-electron chi connectivity index (χ3n) is 3.92. The molecule has 0 radical (unpaired) electrons. The maximum atomic E-state index is 3.55. The third-order valence-corrected chi connectivity index (χ3v) is 3.92. The topological polar surface area (TPSA) is 15.3 Å². The fourth-order valence-electron chi connectivity index (χ4n) is 2.73. The Balaban J connectivity index is 1.95. The number of hydrogen-bond donors (Lipinski definition) is 1. The number of aryl methyl sites for hydroxylation is 3. The summed E-state index contributed by atoms with van der Waals surface area (Å²) in [6.45, 7) is 8.38. The average Bonchev–Trinajstić information content (AvgIpc) is 2.42. The van der Waals surface area contributed by atoms with Gasteiger partial charge in [0, 0.05) is 32.9 Å². The molecule has 0 unspecified atom stereocenters. The van der Waals surface area contributed by atoms with Crippen LogP contribution in [-0.4, -0.2) is 14.1 Å². The molecule has 0 bridgehead atoms. The first-order valence-corrected chi connectivity index (χ1v) is 7.51. The quantitative estimate of drug-likeness (QED) is 0.892. The molecule has 2 rings (SSSR count). The highest BCUT2D eigenvalue weighted by atomic mass is 15.1. The highest BCUT2D eigenvalue weighted by molar-refractivity contribution is 5.46. The van der Waals surface area contributed by atoms with Crippen molar-refractivity contribution >= 4 is 5.69 Å². The van der Waals surface area contributed by atoms with E-state index in [-0.39, 0.29) is 0 Å². The van der Waals surface area contributed by atoms with Crippen LogP contribution in [0.4, 0.5) is 5.69 Å². The molecule has 0 atom stereocenters. The highest BCUT2D eigenvalue weighted by Crippen LogP contribution is 2.16. The molecule has 0 amide bonds. The van der Waals surface area contributed by atoms with E-state index < -0.39 is 0 Å². The average molecular weight is 282 g/mol. The predicted octanol–water partition coefficient (Wildman–Crippen LogP) is 3.97. The molecule has 0 saturated carbocycles. The van der Waals surface area contributed by atoms with Gasteiger partial charge >= 0.3 is 0 Å². The van der Waals surface area contributed by atoms with Crippen molar-refractivity contribution in [1.82, 2.24) is 5.32 Å². The lowest BCUT2D eigenvalue weighted by atomic mass is 10.00. The van der Waals surface area contributed by atoms with Crippen LogP contribution in [0, 0.1) is 20.8 Å². The van der Waals surface area contributed by atoms with Crippen LogP contribution in [0.1, 0.15) is 27.8 Å². The summed E-state index contributed by atoms with van der Waals surface area (Å²) in [7, 11) is 4.13. The number of rotatable bonds is 5. The fourth-order valence-corrected chi connectivity index (χ4v) is 2.73. The Hall–Kier alpha value is -1.80. The molecule has 0 aromatic heterocycles. The Labute approximate surface area is 128 Å². The lowest BCUT2D eigenvalue weighted by Crippen LogP contribution is -2.15. The zero-order valence-corrected chi connectivity index (χ0v) is 13.8. The van der Waals surface area contributed by atoms with Gasteiger partial charge in [-0.25, -0.2) is 0 Å². The van der Waals surface area contributed by atoms with Gasteiger partial charge in [-0.1, -0.05) is 29.8 Å². The van der Waals surface area contributed by atoms with Crippen molar-refractivity contribution in [2.45, 2.75) is 33.9 Å². The molecule has 0 aliphatic rings. The summed E-state index contributed by atoms with van der Waals surface area (Å²) in [6.07, 6.45) is 0. The Morgan fingerprint density at radius 1 is 0.857 bits per heavy atom. The van der Waals surface area contributed by atoms with Gasteiger partial charge in [-0.15, -0.1) is 0 Å². The van der Waals surface area contributed by atoms with Crippen molar-refractivity contribution in [1.29, 1.82) is 0 Å². The molecule has 2 aromatic carbocycles. The molecular formula is C19H26N2. The maximum Gasteiger partial charge on any atom is 0.0361 e. The molecule has 2 nitrogen and oxygen atoms in total. The Morgan fingerprint density at radius 2 is 1.43 bits per heavy atom. The Kier molecular flexibility index (Phi) is 5.03. The molecule has 0 saturated heterocycles. The fraction of sp³-hybridized carbons (Fsp3) is 0.368. The van der Waals surface area contributed by atoms with E-state index in [2.05, 4.69) is 81.5 Å². The van der Waals surface area contributed by atoms with E-state index in [1.54, 1.807) is 0 Å². The van der Waals surface area contributed by atoms with Crippen molar-refractivity contribution in [2.24, 2.45) is 0 Å². The zero-order chi connectivity index (χ0) is 15.4. The van der Waals surface area contributed by atoms with Gasteiger partial charge in [-0.2, -0.15) is 0 Å². The van der Waals surface area contributed by atoms with Gasteiger partial charge in [0.1, 0.15) is 0 Å². The summed E-state index contributed by atoms with van der Waals surface area (Å²) in [5, 5.41) is 3.55. The lowest BCUT2D eigenvalue weighted by Gasteiger charge is -2.14. The number of benzene rings is 2. The van der Waals surface area contributed by atoms with Crippen molar-refractivity contribution in [2.75, 3.05) is 19.0 Å². The lowest BCUT2D eigenvalue weighted by molar-refractivity contribution is 0.687. The highest BCUT2D eigenvalue weighted by Gasteiger charge is 2.03. The molecular weight excluding hydrogens is 256 g/mol. The predicted molar refractivity (Wildman–Crippen MR) is 92.0 cm³/mol. The minimum absolute atomic E-state index is 0.903. The molecule has 0 aliphatic carbocycles. The third kappa shape index (κ3) is 4.08. The van der Waals surface area contributed by atoms with Crippen LogP contribution in [0.25, 0.3) is 0 Å². The van der Waals surface area contributed by atoms with Gasteiger partial charge in [0.25, 0.3) is 0 Å². The second-order valence-electron chi connectivity index (χ2n) is 6.04. The van der Waals surface area contributed by atoms with Gasteiger partial charge < -0.3 is 10.2 Å². The number of anilines is 1. The summed E-state index contributed by atoms with van der Waals surface area (Å²) in [5.41, 5.74) is 8.08. The largest absolute Gasteiger partial charge is 0.378 e. The van der Waals surface area contributed by atoms with Gasteiger partial charge in [0.2, 0.25) is 0 Å². The summed E-state index contributed by atoms with van der Waals surface area (Å²) in [4.78, 5) is 2.12. The molecule has 0 aliphatic heterocycles. The van der Waals surface area contributed by atoms with Gasteiger partial charge in [-0.3, -0.25) is 0 Å². The molecule has 0 spiro atoms. The van der Waals surface area contributed by atoms with Gasteiger partial charge in [-0.05, 0) is 55.2 Å². The van der Waals surface area contributed by atoms with Crippen LogP contribution >= 0.6 is 0 Å². The van der Waals surface area contributed by atoms with Crippen LogP contribution in [-0.2, 0) is 13.1 Å². The first-order valence-electron chi connectivity index (χ1n) is 7.51. The van der Waals surface area contributed by atoms with E-state index >= 15 is 0 Å². The number of hydrogen-bond acceptors (Lipinski definition) is 2. The molecule has 2 aromatic rings. The van der Waals surface area contributed by atoms with Crippen molar-refractivity contribution in [3.8, 4) is 0 Å². The van der Waals surface area contributed by atoms with Crippen LogP contribution in [0.3, 0.4) is 0 Å². The first kappa shape index (κ1) is 15.6. The minimum Gasteiger partial charge on any atom is -0.378 e. The summed E-state index contributed by atoms with van der Waals surface area (Å²) in [5.74, 6) is 0. The number of nitrogens with zero attached hydrogens (tertiary/aromatic N) is 1. The van der Waals surface area contributed by atoms with Crippen LogP contribution in [0.2, 0.25) is 0 Å². The second kappa shape index (κ2) is 6.77. The standard InChI is InChI=1S/C19H26N2/c1-14-10-15(2)19(16(3)11-14)13-20-12-17-6-8-18(9-7-17)21(4)5/h6-11,20H,12-13H2,1-5H3. The minimum atomic E-state index is 0.903. The SMILES string of the molecule is Cc1cc(C)c(CNCc2ccc(N(C)C)cc2)c(C)c1. The smallest absolute Gasteiger partial charge is 0.0361 e.